The van der Waals surface area contributed by atoms with Crippen LogP contribution in [0, 0.1) is 5.92 Å². The quantitative estimate of drug-likeness (QED) is 0.655. The maximum absolute atomic E-state index is 11.7. The number of hydrogen-bond acceptors (Lipinski definition) is 3. The summed E-state index contributed by atoms with van der Waals surface area (Å²) in [5.74, 6) is -0.219. The molecule has 2 amide bonds. The van der Waals surface area contributed by atoms with Gasteiger partial charge in [-0.15, -0.1) is 0 Å². The molecule has 2 heterocycles. The predicted molar refractivity (Wildman–Crippen MR) is 54.7 cm³/mol. The largest absolute Gasteiger partial charge is 0.355 e. The number of carbonyl (C=O) groups excluding carboxylic acids is 2. The standard InChI is InChI=1S/C10H17N3O2/c14-9-6-8(7-11-9)10(15)12-13-4-2-1-3-5-13/h8H,1-7H2,(H,11,14)(H,12,15). The second kappa shape index (κ2) is 4.61. The Hall–Kier alpha value is -1.10. The Morgan fingerprint density at radius 2 is 2.07 bits per heavy atom. The number of hydrazine groups is 1. The van der Waals surface area contributed by atoms with Gasteiger partial charge in [-0.1, -0.05) is 6.42 Å². The van der Waals surface area contributed by atoms with Crippen molar-refractivity contribution in [1.29, 1.82) is 0 Å². The van der Waals surface area contributed by atoms with Gasteiger partial charge < -0.3 is 5.32 Å². The molecular formula is C10H17N3O2. The van der Waals surface area contributed by atoms with Gasteiger partial charge in [-0.05, 0) is 12.8 Å². The van der Waals surface area contributed by atoms with Gasteiger partial charge in [0, 0.05) is 26.1 Å². The highest BCUT2D eigenvalue weighted by Crippen LogP contribution is 2.11. The zero-order valence-corrected chi connectivity index (χ0v) is 8.79. The average molecular weight is 211 g/mol. The number of amides is 2. The molecule has 2 aliphatic rings. The van der Waals surface area contributed by atoms with E-state index in [2.05, 4.69) is 10.7 Å². The van der Waals surface area contributed by atoms with E-state index in [0.29, 0.717) is 13.0 Å². The molecule has 5 heteroatoms. The Bertz CT molecular complexity index is 261. The van der Waals surface area contributed by atoms with Gasteiger partial charge in [-0.3, -0.25) is 15.0 Å². The maximum Gasteiger partial charge on any atom is 0.239 e. The summed E-state index contributed by atoms with van der Waals surface area (Å²) in [6.07, 6.45) is 3.86. The Balaban J connectivity index is 1.78. The summed E-state index contributed by atoms with van der Waals surface area (Å²) in [5.41, 5.74) is 2.88. The van der Waals surface area contributed by atoms with Crippen molar-refractivity contribution in [3.8, 4) is 0 Å². The zero-order valence-electron chi connectivity index (χ0n) is 8.79. The molecule has 0 saturated carbocycles. The van der Waals surface area contributed by atoms with E-state index < -0.39 is 0 Å². The molecule has 2 aliphatic heterocycles. The summed E-state index contributed by atoms with van der Waals surface area (Å²) in [6, 6.07) is 0. The lowest BCUT2D eigenvalue weighted by atomic mass is 10.1. The lowest BCUT2D eigenvalue weighted by Crippen LogP contribution is -2.47. The highest BCUT2D eigenvalue weighted by molar-refractivity contribution is 5.88. The number of rotatable bonds is 2. The van der Waals surface area contributed by atoms with E-state index in [9.17, 15) is 9.59 Å². The van der Waals surface area contributed by atoms with Crippen LogP contribution in [0.4, 0.5) is 0 Å². The minimum Gasteiger partial charge on any atom is -0.355 e. The smallest absolute Gasteiger partial charge is 0.239 e. The van der Waals surface area contributed by atoms with Gasteiger partial charge in [0.1, 0.15) is 0 Å². The highest BCUT2D eigenvalue weighted by atomic mass is 16.2. The summed E-state index contributed by atoms with van der Waals surface area (Å²) in [7, 11) is 0. The van der Waals surface area contributed by atoms with E-state index in [1.165, 1.54) is 6.42 Å². The topological polar surface area (TPSA) is 61.4 Å². The van der Waals surface area contributed by atoms with E-state index in [1.807, 2.05) is 5.01 Å². The van der Waals surface area contributed by atoms with Crippen molar-refractivity contribution in [1.82, 2.24) is 15.8 Å². The SMILES string of the molecule is O=C1CC(C(=O)NN2CCCCC2)CN1. The van der Waals surface area contributed by atoms with Gasteiger partial charge in [-0.2, -0.15) is 0 Å². The van der Waals surface area contributed by atoms with Crippen molar-refractivity contribution >= 4 is 11.8 Å². The minimum absolute atomic E-state index is 0.0183. The Morgan fingerprint density at radius 3 is 2.67 bits per heavy atom. The van der Waals surface area contributed by atoms with E-state index in [1.54, 1.807) is 0 Å². The van der Waals surface area contributed by atoms with Gasteiger partial charge in [-0.25, -0.2) is 5.01 Å². The number of carbonyl (C=O) groups is 2. The van der Waals surface area contributed by atoms with Crippen LogP contribution in [-0.4, -0.2) is 36.5 Å². The van der Waals surface area contributed by atoms with Gasteiger partial charge in [0.25, 0.3) is 0 Å². The third-order valence-corrected chi connectivity index (χ3v) is 2.97. The van der Waals surface area contributed by atoms with Crippen LogP contribution < -0.4 is 10.7 Å². The first-order valence-corrected chi connectivity index (χ1v) is 5.58. The molecule has 0 spiro atoms. The van der Waals surface area contributed by atoms with Crippen molar-refractivity contribution in [3.63, 3.8) is 0 Å². The molecule has 1 unspecified atom stereocenters. The highest BCUT2D eigenvalue weighted by Gasteiger charge is 2.28. The fourth-order valence-corrected chi connectivity index (χ4v) is 2.04. The Morgan fingerprint density at radius 1 is 1.33 bits per heavy atom. The Kier molecular flexibility index (Phi) is 3.20. The molecule has 0 radical (unpaired) electrons. The zero-order chi connectivity index (χ0) is 10.7. The summed E-state index contributed by atoms with van der Waals surface area (Å²) in [6.45, 7) is 2.35. The van der Waals surface area contributed by atoms with Gasteiger partial charge in [0.05, 0.1) is 5.92 Å². The second-order valence-electron chi connectivity index (χ2n) is 4.23. The van der Waals surface area contributed by atoms with E-state index in [4.69, 9.17) is 0 Å². The first-order valence-electron chi connectivity index (χ1n) is 5.58. The molecular weight excluding hydrogens is 194 g/mol. The Labute approximate surface area is 89.2 Å². The van der Waals surface area contributed by atoms with Crippen LogP contribution >= 0.6 is 0 Å². The van der Waals surface area contributed by atoms with Crippen molar-refractivity contribution in [3.05, 3.63) is 0 Å². The molecule has 0 bridgehead atoms. The van der Waals surface area contributed by atoms with Crippen LogP contribution in [0.15, 0.2) is 0 Å². The minimum atomic E-state index is -0.181. The normalized spacial score (nSPS) is 27.5. The molecule has 2 N–H and O–H groups in total. The van der Waals surface area contributed by atoms with Crippen molar-refractivity contribution in [2.75, 3.05) is 19.6 Å². The molecule has 84 valence electrons. The summed E-state index contributed by atoms with van der Waals surface area (Å²) >= 11 is 0. The van der Waals surface area contributed by atoms with Crippen LogP contribution in [0.1, 0.15) is 25.7 Å². The molecule has 1 atom stereocenters. The van der Waals surface area contributed by atoms with Crippen LogP contribution in [0.3, 0.4) is 0 Å². The van der Waals surface area contributed by atoms with Gasteiger partial charge >= 0.3 is 0 Å². The van der Waals surface area contributed by atoms with Crippen LogP contribution in [0.25, 0.3) is 0 Å². The van der Waals surface area contributed by atoms with Crippen LogP contribution in [-0.2, 0) is 9.59 Å². The van der Waals surface area contributed by atoms with Crippen LogP contribution in [0.2, 0.25) is 0 Å². The van der Waals surface area contributed by atoms with Crippen molar-refractivity contribution in [2.45, 2.75) is 25.7 Å². The first kappa shape index (κ1) is 10.4. The monoisotopic (exact) mass is 211 g/mol. The molecule has 5 nitrogen and oxygen atoms in total. The molecule has 0 aliphatic carbocycles. The molecule has 2 rings (SSSR count). The molecule has 0 aromatic heterocycles. The fourth-order valence-electron chi connectivity index (χ4n) is 2.04. The van der Waals surface area contributed by atoms with Gasteiger partial charge in [0.15, 0.2) is 0 Å². The van der Waals surface area contributed by atoms with Gasteiger partial charge in [0.2, 0.25) is 11.8 Å². The number of hydrogen-bond donors (Lipinski definition) is 2. The third-order valence-electron chi connectivity index (χ3n) is 2.97. The molecule has 2 fully saturated rings. The number of nitrogens with zero attached hydrogens (tertiary/aromatic N) is 1. The molecule has 0 aromatic carbocycles. The van der Waals surface area contributed by atoms with E-state index in [-0.39, 0.29) is 17.7 Å². The summed E-state index contributed by atoms with van der Waals surface area (Å²) in [5, 5.41) is 4.64. The lowest BCUT2D eigenvalue weighted by Gasteiger charge is -2.27. The van der Waals surface area contributed by atoms with E-state index >= 15 is 0 Å². The second-order valence-corrected chi connectivity index (χ2v) is 4.23. The average Bonchev–Trinajstić information content (AvgIpc) is 2.66. The lowest BCUT2D eigenvalue weighted by molar-refractivity contribution is -0.131. The number of piperidine rings is 1. The fraction of sp³-hybridized carbons (Fsp3) is 0.800. The molecule has 2 saturated heterocycles. The number of nitrogens with one attached hydrogen (secondary N) is 2. The summed E-state index contributed by atoms with van der Waals surface area (Å²) in [4.78, 5) is 22.7. The summed E-state index contributed by atoms with van der Waals surface area (Å²) < 4.78 is 0. The molecule has 15 heavy (non-hydrogen) atoms. The van der Waals surface area contributed by atoms with E-state index in [0.717, 1.165) is 25.9 Å². The van der Waals surface area contributed by atoms with Crippen LogP contribution in [0.5, 0.6) is 0 Å². The van der Waals surface area contributed by atoms with Crippen molar-refractivity contribution < 1.29 is 9.59 Å². The molecule has 0 aromatic rings. The maximum atomic E-state index is 11.7. The first-order chi connectivity index (χ1) is 7.25. The third kappa shape index (κ3) is 2.68. The predicted octanol–water partition coefficient (Wildman–Crippen LogP) is -0.360. The van der Waals surface area contributed by atoms with Crippen molar-refractivity contribution in [2.24, 2.45) is 5.92 Å².